The molecule has 0 N–H and O–H groups in total. The number of halogens is 4. The van der Waals surface area contributed by atoms with E-state index in [1.54, 1.807) is 6.92 Å². The first kappa shape index (κ1) is 13.4. The van der Waals surface area contributed by atoms with Crippen molar-refractivity contribution in [2.75, 3.05) is 6.66 Å². The lowest BCUT2D eigenvalue weighted by molar-refractivity contribution is 0.493. The minimum atomic E-state index is -2.85. The van der Waals surface area contributed by atoms with E-state index in [0.29, 0.717) is 0 Å². The molecule has 2 unspecified atom stereocenters. The van der Waals surface area contributed by atoms with E-state index < -0.39 is 11.2 Å². The molecule has 0 saturated carbocycles. The van der Waals surface area contributed by atoms with E-state index in [0.717, 1.165) is 0 Å². The molecule has 0 spiro atoms. The Hall–Kier alpha value is 1.35. The van der Waals surface area contributed by atoms with Crippen LogP contribution in [0.25, 0.3) is 0 Å². The molecular weight excluding hydrogens is 265 g/mol. The second-order valence-electron chi connectivity index (χ2n) is 2.65. The van der Waals surface area contributed by atoms with Crippen LogP contribution in [0, 0.1) is 0 Å². The molecule has 0 aliphatic carbocycles. The topological polar surface area (TPSA) is 26.3 Å². The van der Waals surface area contributed by atoms with Gasteiger partial charge in [0.15, 0.2) is 3.79 Å². The summed E-state index contributed by atoms with van der Waals surface area (Å²) in [5.74, 6) is 0. The molecule has 0 aliphatic heterocycles. The van der Waals surface area contributed by atoms with Crippen molar-refractivity contribution in [2.45, 2.75) is 22.8 Å². The van der Waals surface area contributed by atoms with Gasteiger partial charge < -0.3 is 0 Å². The highest BCUT2D eigenvalue weighted by atomic mass is 35.6. The van der Waals surface area contributed by atoms with Gasteiger partial charge >= 0.3 is 0 Å². The van der Waals surface area contributed by atoms with Gasteiger partial charge in [-0.3, -0.25) is 4.57 Å². The van der Waals surface area contributed by atoms with Gasteiger partial charge in [-0.25, -0.2) is 4.08 Å². The zero-order valence-corrected chi connectivity index (χ0v) is 10.5. The highest BCUT2D eigenvalue weighted by Gasteiger charge is 2.32. The third-order valence-corrected chi connectivity index (χ3v) is 4.81. The molecule has 0 bridgehead atoms. The van der Waals surface area contributed by atoms with Crippen LogP contribution < -0.4 is 0 Å². The maximum atomic E-state index is 11.4. The Morgan fingerprint density at radius 2 is 1.92 bits per heavy atom. The van der Waals surface area contributed by atoms with Crippen LogP contribution in [0.15, 0.2) is 0 Å². The maximum absolute atomic E-state index is 11.4. The highest BCUT2D eigenvalue weighted by Crippen LogP contribution is 2.53. The summed E-state index contributed by atoms with van der Waals surface area (Å²) in [6.45, 7) is 3.06. The third kappa shape index (κ3) is 5.16. The van der Waals surface area contributed by atoms with E-state index in [4.69, 9.17) is 46.7 Å². The monoisotopic (exact) mass is 272 g/mol. The molecule has 0 aromatic carbocycles. The van der Waals surface area contributed by atoms with Crippen LogP contribution in [0.1, 0.15) is 13.3 Å². The van der Waals surface area contributed by atoms with Gasteiger partial charge in [-0.15, -0.1) is 0 Å². The SMILES string of the molecule is CC(CC(Cl)(Cl)Cl)P(C)(=O)OCl. The van der Waals surface area contributed by atoms with Gasteiger partial charge in [0.1, 0.15) is 0 Å². The van der Waals surface area contributed by atoms with Crippen molar-refractivity contribution >= 4 is 54.0 Å². The van der Waals surface area contributed by atoms with E-state index in [2.05, 4.69) is 4.08 Å². The van der Waals surface area contributed by atoms with Gasteiger partial charge in [0.05, 0.1) is 11.9 Å². The van der Waals surface area contributed by atoms with E-state index >= 15 is 0 Å². The Morgan fingerprint density at radius 3 is 2.17 bits per heavy atom. The Labute approximate surface area is 92.1 Å². The van der Waals surface area contributed by atoms with Crippen LogP contribution in [0.5, 0.6) is 0 Å². The molecule has 0 aromatic heterocycles. The molecule has 7 heteroatoms. The van der Waals surface area contributed by atoms with Gasteiger partial charge in [0, 0.05) is 18.7 Å². The Bertz CT molecular complexity index is 190. The average molecular weight is 274 g/mol. The first-order valence-corrected chi connectivity index (χ1v) is 6.71. The standard InChI is InChI=1S/C5H9Cl4O2P/c1-4(3-5(6,7)8)12(2,10)11-9/h4H,3H2,1-2H3. The summed E-state index contributed by atoms with van der Waals surface area (Å²) in [7, 11) is -2.85. The van der Waals surface area contributed by atoms with Crippen molar-refractivity contribution in [3.8, 4) is 0 Å². The summed E-state index contributed by atoms with van der Waals surface area (Å²) >= 11 is 21.5. The molecule has 0 heterocycles. The summed E-state index contributed by atoms with van der Waals surface area (Å²) in [4.78, 5) is 0. The van der Waals surface area contributed by atoms with Crippen molar-refractivity contribution in [1.29, 1.82) is 0 Å². The Morgan fingerprint density at radius 1 is 1.50 bits per heavy atom. The fraction of sp³-hybridized carbons (Fsp3) is 1.00. The van der Waals surface area contributed by atoms with Crippen molar-refractivity contribution in [2.24, 2.45) is 0 Å². The van der Waals surface area contributed by atoms with Crippen LogP contribution in [0.4, 0.5) is 0 Å². The van der Waals surface area contributed by atoms with Crippen molar-refractivity contribution in [3.05, 3.63) is 0 Å². The molecule has 74 valence electrons. The molecule has 0 rings (SSSR count). The van der Waals surface area contributed by atoms with Crippen LogP contribution in [0.2, 0.25) is 0 Å². The Kier molecular flexibility index (Phi) is 5.26. The van der Waals surface area contributed by atoms with Gasteiger partial charge in [-0.1, -0.05) is 41.7 Å². The predicted octanol–water partition coefficient (Wildman–Crippen LogP) is 4.21. The van der Waals surface area contributed by atoms with Crippen LogP contribution >= 0.6 is 54.0 Å². The lowest BCUT2D eigenvalue weighted by Crippen LogP contribution is -2.13. The second kappa shape index (κ2) is 4.72. The van der Waals surface area contributed by atoms with Gasteiger partial charge in [0.25, 0.3) is 0 Å². The van der Waals surface area contributed by atoms with Crippen molar-refractivity contribution in [3.63, 3.8) is 0 Å². The molecule has 0 fully saturated rings. The first-order valence-electron chi connectivity index (χ1n) is 3.13. The van der Waals surface area contributed by atoms with Gasteiger partial charge in [0.2, 0.25) is 7.37 Å². The van der Waals surface area contributed by atoms with E-state index in [-0.39, 0.29) is 12.1 Å². The van der Waals surface area contributed by atoms with Crippen LogP contribution in [0.3, 0.4) is 0 Å². The zero-order chi connectivity index (χ0) is 9.99. The highest BCUT2D eigenvalue weighted by molar-refractivity contribution is 7.59. The predicted molar refractivity (Wildman–Crippen MR) is 54.8 cm³/mol. The van der Waals surface area contributed by atoms with Gasteiger partial charge in [-0.05, 0) is 0 Å². The minimum absolute atomic E-state index is 0.151. The third-order valence-electron chi connectivity index (χ3n) is 1.46. The lowest BCUT2D eigenvalue weighted by Gasteiger charge is -2.20. The second-order valence-corrected chi connectivity index (χ2v) is 8.41. The summed E-state index contributed by atoms with van der Waals surface area (Å²) in [6.07, 6.45) is 0.151. The molecule has 2 nitrogen and oxygen atoms in total. The number of hydrogen-bond donors (Lipinski definition) is 0. The maximum Gasteiger partial charge on any atom is 0.221 e. The van der Waals surface area contributed by atoms with E-state index in [1.165, 1.54) is 6.66 Å². The van der Waals surface area contributed by atoms with E-state index in [9.17, 15) is 4.57 Å². The lowest BCUT2D eigenvalue weighted by atomic mass is 10.4. The smallest absolute Gasteiger partial charge is 0.221 e. The molecule has 2 atom stereocenters. The van der Waals surface area contributed by atoms with Crippen LogP contribution in [-0.4, -0.2) is 16.1 Å². The summed E-state index contributed by atoms with van der Waals surface area (Å²) in [5, 5.41) is 0. The fourth-order valence-electron chi connectivity index (χ4n) is 0.569. The fourth-order valence-corrected chi connectivity index (χ4v) is 2.74. The molecule has 0 amide bonds. The molecule has 0 radical (unpaired) electrons. The summed E-state index contributed by atoms with van der Waals surface area (Å²) in [6, 6.07) is 0. The number of alkyl halides is 3. The zero-order valence-electron chi connectivity index (χ0n) is 6.56. The van der Waals surface area contributed by atoms with Crippen molar-refractivity contribution in [1.82, 2.24) is 0 Å². The average Bonchev–Trinajstić information content (AvgIpc) is 1.84. The quantitative estimate of drug-likeness (QED) is 0.569. The Balaban J connectivity index is 4.23. The minimum Gasteiger partial charge on any atom is -0.292 e. The molecule has 0 aliphatic rings. The molecule has 12 heavy (non-hydrogen) atoms. The molecule has 0 saturated heterocycles. The summed E-state index contributed by atoms with van der Waals surface area (Å²) < 4.78 is 14.3. The van der Waals surface area contributed by atoms with Crippen molar-refractivity contribution < 1.29 is 8.64 Å². The molecule has 0 aromatic rings. The van der Waals surface area contributed by atoms with Crippen LogP contribution in [-0.2, 0) is 8.64 Å². The van der Waals surface area contributed by atoms with Gasteiger partial charge in [-0.2, -0.15) is 0 Å². The largest absolute Gasteiger partial charge is 0.292 e. The number of rotatable bonds is 3. The first-order chi connectivity index (χ1) is 5.19. The van der Waals surface area contributed by atoms with E-state index in [1.807, 2.05) is 0 Å². The normalized spacial score (nSPS) is 20.2. The number of hydrogen-bond acceptors (Lipinski definition) is 2. The molecular formula is C5H9Cl4O2P. The summed E-state index contributed by atoms with van der Waals surface area (Å²) in [5.41, 5.74) is -0.373.